The van der Waals surface area contributed by atoms with Crippen LogP contribution in [0.25, 0.3) is 0 Å². The van der Waals surface area contributed by atoms with E-state index in [-0.39, 0.29) is 0 Å². The first-order valence-corrected chi connectivity index (χ1v) is 3.71. The average molecular weight is 134 g/mol. The van der Waals surface area contributed by atoms with Crippen LogP contribution in [0.3, 0.4) is 0 Å². The van der Waals surface area contributed by atoms with Crippen molar-refractivity contribution in [3.63, 3.8) is 0 Å². The lowest BCUT2D eigenvalue weighted by molar-refractivity contribution is 0.868. The first kappa shape index (κ1) is 5.83. The fraction of sp³-hybridized carbons (Fsp3) is 0.500. The summed E-state index contributed by atoms with van der Waals surface area (Å²) < 4.78 is 0. The van der Waals surface area contributed by atoms with Gasteiger partial charge < -0.3 is 0 Å². The zero-order chi connectivity index (χ0) is 6.81. The van der Waals surface area contributed by atoms with Crippen molar-refractivity contribution in [2.24, 2.45) is 9.98 Å². The van der Waals surface area contributed by atoms with Crippen LogP contribution in [0.1, 0.15) is 19.3 Å². The summed E-state index contributed by atoms with van der Waals surface area (Å²) in [5, 5.41) is 0. The summed E-state index contributed by atoms with van der Waals surface area (Å²) in [5.41, 5.74) is 2.62. The molecular weight excluding hydrogens is 124 g/mol. The molecule has 2 aliphatic rings. The Hall–Kier alpha value is -0.920. The van der Waals surface area contributed by atoms with Crippen LogP contribution < -0.4 is 0 Å². The van der Waals surface area contributed by atoms with Gasteiger partial charge in [-0.05, 0) is 18.4 Å². The molecular formula is C8H10N2. The van der Waals surface area contributed by atoms with E-state index in [1.807, 2.05) is 12.4 Å². The van der Waals surface area contributed by atoms with E-state index in [9.17, 15) is 0 Å². The maximum Gasteiger partial charge on any atom is 0.0465 e. The Labute approximate surface area is 60.4 Å². The molecule has 0 aliphatic carbocycles. The highest BCUT2D eigenvalue weighted by Crippen LogP contribution is 2.20. The van der Waals surface area contributed by atoms with E-state index in [4.69, 9.17) is 0 Å². The Bertz CT molecular complexity index is 199. The molecule has 0 unspecified atom stereocenters. The Morgan fingerprint density at radius 2 is 2.30 bits per heavy atom. The van der Waals surface area contributed by atoms with E-state index < -0.39 is 0 Å². The number of hydrogen-bond acceptors (Lipinski definition) is 2. The van der Waals surface area contributed by atoms with Crippen molar-refractivity contribution in [2.45, 2.75) is 19.3 Å². The van der Waals surface area contributed by atoms with Crippen molar-refractivity contribution in [1.29, 1.82) is 0 Å². The standard InChI is InChI=1S/C8H10N2/c1-2-7-6-9-5-3-8(7)10-4-1/h4,6H,1-3,5H2. The van der Waals surface area contributed by atoms with Crippen molar-refractivity contribution in [3.05, 3.63) is 11.3 Å². The zero-order valence-electron chi connectivity index (χ0n) is 5.88. The number of dihydropyridines is 1. The predicted molar refractivity (Wildman–Crippen MR) is 42.7 cm³/mol. The summed E-state index contributed by atoms with van der Waals surface area (Å²) in [4.78, 5) is 8.52. The molecule has 2 nitrogen and oxygen atoms in total. The van der Waals surface area contributed by atoms with Gasteiger partial charge in [0.1, 0.15) is 0 Å². The van der Waals surface area contributed by atoms with Gasteiger partial charge in [-0.3, -0.25) is 9.98 Å². The second-order valence-electron chi connectivity index (χ2n) is 2.61. The molecule has 10 heavy (non-hydrogen) atoms. The molecule has 0 radical (unpaired) electrons. The Balaban J connectivity index is 2.32. The number of rotatable bonds is 0. The van der Waals surface area contributed by atoms with Gasteiger partial charge in [0.25, 0.3) is 0 Å². The topological polar surface area (TPSA) is 24.7 Å². The quantitative estimate of drug-likeness (QED) is 0.480. The van der Waals surface area contributed by atoms with Crippen LogP contribution in [-0.2, 0) is 0 Å². The molecule has 2 aliphatic heterocycles. The summed E-state index contributed by atoms with van der Waals surface area (Å²) in [6.07, 6.45) is 7.27. The molecule has 52 valence electrons. The normalized spacial score (nSPS) is 23.2. The Kier molecular flexibility index (Phi) is 1.38. The molecule has 0 aromatic heterocycles. The van der Waals surface area contributed by atoms with Crippen molar-refractivity contribution in [2.75, 3.05) is 6.54 Å². The molecule has 0 atom stereocenters. The molecule has 0 aromatic rings. The van der Waals surface area contributed by atoms with Gasteiger partial charge >= 0.3 is 0 Å². The second-order valence-corrected chi connectivity index (χ2v) is 2.61. The van der Waals surface area contributed by atoms with Gasteiger partial charge in [-0.25, -0.2) is 0 Å². The molecule has 0 N–H and O–H groups in total. The van der Waals surface area contributed by atoms with Crippen molar-refractivity contribution < 1.29 is 0 Å². The number of nitrogens with zero attached hydrogens (tertiary/aromatic N) is 2. The van der Waals surface area contributed by atoms with E-state index in [1.165, 1.54) is 11.3 Å². The molecule has 0 aromatic carbocycles. The predicted octanol–water partition coefficient (Wildman–Crippen LogP) is 1.58. The number of aliphatic imine (C=N–C) groups is 2. The maximum absolute atomic E-state index is 4.31. The fourth-order valence-electron chi connectivity index (χ4n) is 1.33. The molecule has 2 heterocycles. The fourth-order valence-corrected chi connectivity index (χ4v) is 1.33. The molecule has 0 saturated carbocycles. The van der Waals surface area contributed by atoms with Gasteiger partial charge in [0.2, 0.25) is 0 Å². The summed E-state index contributed by atoms with van der Waals surface area (Å²) >= 11 is 0. The minimum atomic E-state index is 0.927. The average Bonchev–Trinajstić information content (AvgIpc) is 2.05. The lowest BCUT2D eigenvalue weighted by atomic mass is 10.0. The van der Waals surface area contributed by atoms with E-state index in [0.29, 0.717) is 0 Å². The van der Waals surface area contributed by atoms with Crippen LogP contribution in [-0.4, -0.2) is 19.0 Å². The third-order valence-electron chi connectivity index (χ3n) is 1.89. The molecule has 0 fully saturated rings. The minimum Gasteiger partial charge on any atom is -0.292 e. The first-order chi connectivity index (χ1) is 4.97. The van der Waals surface area contributed by atoms with Crippen LogP contribution in [0.5, 0.6) is 0 Å². The van der Waals surface area contributed by atoms with E-state index in [2.05, 4.69) is 9.98 Å². The Morgan fingerprint density at radius 1 is 1.30 bits per heavy atom. The zero-order valence-corrected chi connectivity index (χ0v) is 5.88. The summed E-state index contributed by atoms with van der Waals surface area (Å²) in [5.74, 6) is 0. The summed E-state index contributed by atoms with van der Waals surface area (Å²) in [6.45, 7) is 0.927. The van der Waals surface area contributed by atoms with Gasteiger partial charge in [-0.1, -0.05) is 0 Å². The monoisotopic (exact) mass is 134 g/mol. The van der Waals surface area contributed by atoms with Gasteiger partial charge in [-0.15, -0.1) is 0 Å². The van der Waals surface area contributed by atoms with Crippen LogP contribution >= 0.6 is 0 Å². The highest BCUT2D eigenvalue weighted by molar-refractivity contribution is 5.83. The molecule has 0 amide bonds. The van der Waals surface area contributed by atoms with Crippen molar-refractivity contribution >= 4 is 12.4 Å². The van der Waals surface area contributed by atoms with Crippen LogP contribution in [0.15, 0.2) is 21.3 Å². The molecule has 0 saturated heterocycles. The van der Waals surface area contributed by atoms with Gasteiger partial charge in [0.05, 0.1) is 0 Å². The lowest BCUT2D eigenvalue weighted by Gasteiger charge is -2.13. The number of allylic oxidation sites excluding steroid dienone is 1. The minimum absolute atomic E-state index is 0.927. The molecule has 0 bridgehead atoms. The number of hydrogen-bond donors (Lipinski definition) is 0. The van der Waals surface area contributed by atoms with Crippen LogP contribution in [0.2, 0.25) is 0 Å². The van der Waals surface area contributed by atoms with E-state index >= 15 is 0 Å². The molecule has 2 rings (SSSR count). The van der Waals surface area contributed by atoms with Crippen molar-refractivity contribution in [1.82, 2.24) is 0 Å². The Morgan fingerprint density at radius 3 is 3.20 bits per heavy atom. The van der Waals surface area contributed by atoms with Gasteiger partial charge in [-0.2, -0.15) is 0 Å². The second kappa shape index (κ2) is 2.37. The highest BCUT2D eigenvalue weighted by Gasteiger charge is 2.09. The third kappa shape index (κ3) is 0.897. The van der Waals surface area contributed by atoms with E-state index in [1.54, 1.807) is 0 Å². The third-order valence-corrected chi connectivity index (χ3v) is 1.89. The summed E-state index contributed by atoms with van der Waals surface area (Å²) in [6, 6.07) is 0. The van der Waals surface area contributed by atoms with Gasteiger partial charge in [0, 0.05) is 31.1 Å². The maximum atomic E-state index is 4.31. The molecule has 2 heteroatoms. The highest BCUT2D eigenvalue weighted by atomic mass is 14.8. The smallest absolute Gasteiger partial charge is 0.0465 e. The lowest BCUT2D eigenvalue weighted by Crippen LogP contribution is -2.04. The van der Waals surface area contributed by atoms with E-state index in [0.717, 1.165) is 25.8 Å². The largest absolute Gasteiger partial charge is 0.292 e. The van der Waals surface area contributed by atoms with Crippen LogP contribution in [0, 0.1) is 0 Å². The summed E-state index contributed by atoms with van der Waals surface area (Å²) in [7, 11) is 0. The van der Waals surface area contributed by atoms with Crippen LogP contribution in [0.4, 0.5) is 0 Å². The SMILES string of the molecule is C1=NCCC2=C1CCC=N2. The molecule has 0 spiro atoms. The van der Waals surface area contributed by atoms with Crippen molar-refractivity contribution in [3.8, 4) is 0 Å². The van der Waals surface area contributed by atoms with Gasteiger partial charge in [0.15, 0.2) is 0 Å². The first-order valence-electron chi connectivity index (χ1n) is 3.71.